The summed E-state index contributed by atoms with van der Waals surface area (Å²) in [6.07, 6.45) is 0. The summed E-state index contributed by atoms with van der Waals surface area (Å²) in [4.78, 5) is 14.5. The number of phenols is 1. The van der Waals surface area contributed by atoms with Crippen molar-refractivity contribution >= 4 is 16.8 Å². The van der Waals surface area contributed by atoms with Gasteiger partial charge in [0.05, 0.1) is 0 Å². The molecule has 78 valence electrons. The van der Waals surface area contributed by atoms with Crippen LogP contribution in [-0.4, -0.2) is 22.5 Å². The van der Waals surface area contributed by atoms with Gasteiger partial charge in [-0.05, 0) is 31.2 Å². The minimum atomic E-state index is -0.131. The lowest BCUT2D eigenvalue weighted by Gasteiger charge is -1.96. The number of phenolic OH excluding ortho intramolecular Hbond substituents is 1. The number of H-pyrrole nitrogens is 1. The average molecular weight is 204 g/mol. The molecule has 0 fully saturated rings. The van der Waals surface area contributed by atoms with Crippen LogP contribution in [-0.2, 0) is 0 Å². The normalized spacial score (nSPS) is 10.5. The summed E-state index contributed by atoms with van der Waals surface area (Å²) in [6, 6.07) is 6.67. The highest BCUT2D eigenvalue weighted by Gasteiger charge is 2.08. The number of nitrogens with one attached hydrogen (secondary N) is 2. The summed E-state index contributed by atoms with van der Waals surface area (Å²) >= 11 is 0. The fourth-order valence-corrected chi connectivity index (χ4v) is 1.50. The molecule has 2 aromatic rings. The molecule has 0 radical (unpaired) electrons. The van der Waals surface area contributed by atoms with Crippen molar-refractivity contribution in [3.63, 3.8) is 0 Å². The second-order valence-electron chi connectivity index (χ2n) is 3.31. The van der Waals surface area contributed by atoms with Crippen LogP contribution in [0.4, 0.5) is 0 Å². The molecular weight excluding hydrogens is 192 g/mol. The lowest BCUT2D eigenvalue weighted by atomic mass is 10.2. The van der Waals surface area contributed by atoms with Crippen molar-refractivity contribution in [2.45, 2.75) is 6.92 Å². The largest absolute Gasteiger partial charge is 0.508 e. The SMILES string of the molecule is CCNC(=O)c1cc2cc(O)ccc2[nH]1. The zero-order valence-corrected chi connectivity index (χ0v) is 8.37. The molecule has 0 spiro atoms. The topological polar surface area (TPSA) is 65.1 Å². The van der Waals surface area contributed by atoms with Crippen LogP contribution in [0.5, 0.6) is 5.75 Å². The average Bonchev–Trinajstić information content (AvgIpc) is 2.60. The standard InChI is InChI=1S/C11H12N2O2/c1-2-12-11(15)10-6-7-5-8(14)3-4-9(7)13-10/h3-6,13-14H,2H2,1H3,(H,12,15). The molecule has 1 aromatic heterocycles. The van der Waals surface area contributed by atoms with Crippen LogP contribution in [0.1, 0.15) is 17.4 Å². The number of carbonyl (C=O) groups excluding carboxylic acids is 1. The van der Waals surface area contributed by atoms with Crippen molar-refractivity contribution < 1.29 is 9.90 Å². The van der Waals surface area contributed by atoms with Gasteiger partial charge in [0, 0.05) is 17.4 Å². The lowest BCUT2D eigenvalue weighted by Crippen LogP contribution is -2.22. The van der Waals surface area contributed by atoms with E-state index < -0.39 is 0 Å². The second kappa shape index (κ2) is 3.65. The number of hydrogen-bond acceptors (Lipinski definition) is 2. The Morgan fingerprint density at radius 2 is 2.27 bits per heavy atom. The number of fused-ring (bicyclic) bond motifs is 1. The number of aromatic hydroxyl groups is 1. The Kier molecular flexibility index (Phi) is 2.33. The Hall–Kier alpha value is -1.97. The van der Waals surface area contributed by atoms with Gasteiger partial charge in [-0.25, -0.2) is 0 Å². The van der Waals surface area contributed by atoms with Crippen molar-refractivity contribution in [3.05, 3.63) is 30.0 Å². The van der Waals surface area contributed by atoms with Crippen LogP contribution in [0, 0.1) is 0 Å². The summed E-state index contributed by atoms with van der Waals surface area (Å²) < 4.78 is 0. The van der Waals surface area contributed by atoms with E-state index in [0.717, 1.165) is 10.9 Å². The molecule has 1 heterocycles. The molecule has 0 unspecified atom stereocenters. The van der Waals surface area contributed by atoms with E-state index in [1.165, 1.54) is 0 Å². The van der Waals surface area contributed by atoms with Gasteiger partial charge in [0.1, 0.15) is 11.4 Å². The fraction of sp³-hybridized carbons (Fsp3) is 0.182. The summed E-state index contributed by atoms with van der Waals surface area (Å²) in [5.74, 6) is 0.0668. The van der Waals surface area contributed by atoms with Gasteiger partial charge in [0.15, 0.2) is 0 Å². The molecule has 0 saturated carbocycles. The molecular formula is C11H12N2O2. The molecule has 0 bridgehead atoms. The zero-order valence-electron chi connectivity index (χ0n) is 8.37. The summed E-state index contributed by atoms with van der Waals surface area (Å²) in [7, 11) is 0. The third-order valence-electron chi connectivity index (χ3n) is 2.19. The van der Waals surface area contributed by atoms with E-state index in [0.29, 0.717) is 12.2 Å². The van der Waals surface area contributed by atoms with E-state index in [2.05, 4.69) is 10.3 Å². The first kappa shape index (κ1) is 9.58. The highest BCUT2D eigenvalue weighted by Crippen LogP contribution is 2.20. The number of benzene rings is 1. The van der Waals surface area contributed by atoms with E-state index in [1.54, 1.807) is 24.3 Å². The Morgan fingerprint density at radius 3 is 3.00 bits per heavy atom. The number of hydrogen-bond donors (Lipinski definition) is 3. The predicted molar refractivity (Wildman–Crippen MR) is 58.0 cm³/mol. The first-order chi connectivity index (χ1) is 7.20. The Labute approximate surface area is 86.9 Å². The second-order valence-corrected chi connectivity index (χ2v) is 3.31. The van der Waals surface area contributed by atoms with E-state index in [1.807, 2.05) is 6.92 Å². The maximum atomic E-state index is 11.5. The molecule has 0 aliphatic heterocycles. The van der Waals surface area contributed by atoms with Crippen molar-refractivity contribution in [2.75, 3.05) is 6.54 Å². The first-order valence-corrected chi connectivity index (χ1v) is 4.80. The number of aromatic nitrogens is 1. The van der Waals surface area contributed by atoms with Crippen molar-refractivity contribution in [1.29, 1.82) is 0 Å². The quantitative estimate of drug-likeness (QED) is 0.696. The van der Waals surface area contributed by atoms with Gasteiger partial charge in [-0.15, -0.1) is 0 Å². The van der Waals surface area contributed by atoms with Gasteiger partial charge >= 0.3 is 0 Å². The van der Waals surface area contributed by atoms with Gasteiger partial charge in [-0.3, -0.25) is 4.79 Å². The minimum absolute atomic E-state index is 0.131. The molecule has 1 amide bonds. The van der Waals surface area contributed by atoms with Crippen LogP contribution in [0.15, 0.2) is 24.3 Å². The van der Waals surface area contributed by atoms with E-state index in [9.17, 15) is 9.90 Å². The van der Waals surface area contributed by atoms with Crippen LogP contribution in [0.3, 0.4) is 0 Å². The molecule has 0 aliphatic rings. The highest BCUT2D eigenvalue weighted by molar-refractivity contribution is 5.98. The van der Waals surface area contributed by atoms with Crippen molar-refractivity contribution in [3.8, 4) is 5.75 Å². The smallest absolute Gasteiger partial charge is 0.267 e. The molecule has 0 saturated heterocycles. The summed E-state index contributed by atoms with van der Waals surface area (Å²) in [6.45, 7) is 2.46. The number of amides is 1. The van der Waals surface area contributed by atoms with Crippen molar-refractivity contribution in [2.24, 2.45) is 0 Å². The Bertz CT molecular complexity index is 502. The Morgan fingerprint density at radius 1 is 1.47 bits per heavy atom. The maximum absolute atomic E-state index is 11.5. The van der Waals surface area contributed by atoms with Gasteiger partial charge < -0.3 is 15.4 Å². The molecule has 1 aromatic carbocycles. The Balaban J connectivity index is 2.42. The molecule has 0 atom stereocenters. The molecule has 4 nitrogen and oxygen atoms in total. The van der Waals surface area contributed by atoms with Crippen molar-refractivity contribution in [1.82, 2.24) is 10.3 Å². The van der Waals surface area contributed by atoms with E-state index in [-0.39, 0.29) is 11.7 Å². The molecule has 15 heavy (non-hydrogen) atoms. The molecule has 0 aliphatic carbocycles. The molecule has 2 rings (SSSR count). The minimum Gasteiger partial charge on any atom is -0.508 e. The molecule has 4 heteroatoms. The van der Waals surface area contributed by atoms with Gasteiger partial charge in [-0.2, -0.15) is 0 Å². The lowest BCUT2D eigenvalue weighted by molar-refractivity contribution is 0.0951. The first-order valence-electron chi connectivity index (χ1n) is 4.80. The third kappa shape index (κ3) is 1.79. The summed E-state index contributed by atoms with van der Waals surface area (Å²) in [5, 5.41) is 12.8. The van der Waals surface area contributed by atoms with Gasteiger partial charge in [-0.1, -0.05) is 0 Å². The number of aromatic amines is 1. The zero-order chi connectivity index (χ0) is 10.8. The summed E-state index contributed by atoms with van der Waals surface area (Å²) in [5.41, 5.74) is 1.35. The van der Waals surface area contributed by atoms with Crippen LogP contribution < -0.4 is 5.32 Å². The van der Waals surface area contributed by atoms with E-state index in [4.69, 9.17) is 0 Å². The van der Waals surface area contributed by atoms with Crippen LogP contribution in [0.25, 0.3) is 10.9 Å². The third-order valence-corrected chi connectivity index (χ3v) is 2.19. The van der Waals surface area contributed by atoms with Crippen LogP contribution >= 0.6 is 0 Å². The van der Waals surface area contributed by atoms with Crippen LogP contribution in [0.2, 0.25) is 0 Å². The fourth-order valence-electron chi connectivity index (χ4n) is 1.50. The predicted octanol–water partition coefficient (Wildman–Crippen LogP) is 1.62. The van der Waals surface area contributed by atoms with Gasteiger partial charge in [0.2, 0.25) is 0 Å². The number of carbonyl (C=O) groups is 1. The van der Waals surface area contributed by atoms with Gasteiger partial charge in [0.25, 0.3) is 5.91 Å². The van der Waals surface area contributed by atoms with E-state index >= 15 is 0 Å². The monoisotopic (exact) mass is 204 g/mol. The maximum Gasteiger partial charge on any atom is 0.267 e. The number of rotatable bonds is 2. The highest BCUT2D eigenvalue weighted by atomic mass is 16.3. The molecule has 3 N–H and O–H groups in total.